The summed E-state index contributed by atoms with van der Waals surface area (Å²) in [6.45, 7) is 2.68. The maximum atomic E-state index is 12.6. The molecule has 0 spiro atoms. The highest BCUT2D eigenvalue weighted by molar-refractivity contribution is 5.83. The molecule has 0 saturated carbocycles. The summed E-state index contributed by atoms with van der Waals surface area (Å²) >= 11 is 0. The fourth-order valence-electron chi connectivity index (χ4n) is 3.82. The molecular weight excluding hydrogens is 320 g/mol. The largest absolute Gasteiger partial charge is 0.467 e. The van der Waals surface area contributed by atoms with E-state index in [2.05, 4.69) is 4.90 Å². The first-order valence-corrected chi connectivity index (χ1v) is 9.00. The van der Waals surface area contributed by atoms with Gasteiger partial charge in [-0.15, -0.1) is 0 Å². The van der Waals surface area contributed by atoms with Crippen LogP contribution in [0.5, 0.6) is 0 Å². The quantitative estimate of drug-likeness (QED) is 0.784. The standard InChI is InChI=1S/C19H26N2O4/c1-24-18(22)17-16(20-11-6-3-7-12-20)10-13-21(17)19(23)25-14-15-8-4-2-5-9-15/h2,4-5,8-9,16-17H,3,6-7,10-14H2,1H3. The zero-order chi connectivity index (χ0) is 17.6. The predicted molar refractivity (Wildman–Crippen MR) is 93.0 cm³/mol. The summed E-state index contributed by atoms with van der Waals surface area (Å²) in [5.74, 6) is -0.357. The minimum absolute atomic E-state index is 0.0250. The van der Waals surface area contributed by atoms with E-state index in [4.69, 9.17) is 9.47 Å². The average molecular weight is 346 g/mol. The molecule has 3 rings (SSSR count). The summed E-state index contributed by atoms with van der Waals surface area (Å²) in [6.07, 6.45) is 3.85. The normalized spacial score (nSPS) is 24.1. The highest BCUT2D eigenvalue weighted by Gasteiger charge is 2.46. The Labute approximate surface area is 148 Å². The summed E-state index contributed by atoms with van der Waals surface area (Å²) in [6, 6.07) is 8.99. The van der Waals surface area contributed by atoms with Crippen LogP contribution in [0.2, 0.25) is 0 Å². The Balaban J connectivity index is 1.66. The molecule has 6 heteroatoms. The molecule has 0 radical (unpaired) electrons. The van der Waals surface area contributed by atoms with Gasteiger partial charge in [0.15, 0.2) is 0 Å². The maximum Gasteiger partial charge on any atom is 0.410 e. The SMILES string of the molecule is COC(=O)C1C(N2CCCCC2)CCN1C(=O)OCc1ccccc1. The number of hydrogen-bond donors (Lipinski definition) is 0. The molecule has 2 heterocycles. The van der Waals surface area contributed by atoms with Crippen LogP contribution in [0.4, 0.5) is 4.79 Å². The van der Waals surface area contributed by atoms with E-state index < -0.39 is 12.1 Å². The molecule has 25 heavy (non-hydrogen) atoms. The molecule has 1 aromatic carbocycles. The van der Waals surface area contributed by atoms with Crippen LogP contribution < -0.4 is 0 Å². The number of likely N-dealkylation sites (tertiary alicyclic amines) is 2. The molecular formula is C19H26N2O4. The van der Waals surface area contributed by atoms with E-state index in [0.717, 1.165) is 37.9 Å². The Morgan fingerprint density at radius 2 is 1.80 bits per heavy atom. The van der Waals surface area contributed by atoms with Crippen LogP contribution in [0.3, 0.4) is 0 Å². The zero-order valence-corrected chi connectivity index (χ0v) is 14.7. The Morgan fingerprint density at radius 3 is 2.48 bits per heavy atom. The van der Waals surface area contributed by atoms with Gasteiger partial charge in [0.25, 0.3) is 0 Å². The lowest BCUT2D eigenvalue weighted by molar-refractivity contribution is -0.147. The Hall–Kier alpha value is -2.08. The molecule has 2 aliphatic heterocycles. The van der Waals surface area contributed by atoms with E-state index in [0.29, 0.717) is 6.54 Å². The molecule has 6 nitrogen and oxygen atoms in total. The molecule has 0 bridgehead atoms. The Kier molecular flexibility index (Phi) is 5.91. The predicted octanol–water partition coefficient (Wildman–Crippen LogP) is 2.42. The number of ether oxygens (including phenoxy) is 2. The number of carbonyl (C=O) groups is 2. The molecule has 2 atom stereocenters. The van der Waals surface area contributed by atoms with Crippen LogP contribution in [0, 0.1) is 0 Å². The zero-order valence-electron chi connectivity index (χ0n) is 14.7. The molecule has 0 aliphatic carbocycles. The lowest BCUT2D eigenvalue weighted by Gasteiger charge is -2.35. The van der Waals surface area contributed by atoms with Crippen molar-refractivity contribution in [2.24, 2.45) is 0 Å². The van der Waals surface area contributed by atoms with Crippen LogP contribution in [0.1, 0.15) is 31.2 Å². The minimum atomic E-state index is -0.577. The van der Waals surface area contributed by atoms with Crippen LogP contribution in [0.25, 0.3) is 0 Å². The second-order valence-corrected chi connectivity index (χ2v) is 6.65. The van der Waals surface area contributed by atoms with Crippen LogP contribution in [-0.2, 0) is 20.9 Å². The number of piperidine rings is 1. The van der Waals surface area contributed by atoms with Crippen LogP contribution >= 0.6 is 0 Å². The van der Waals surface area contributed by atoms with E-state index in [1.807, 2.05) is 30.3 Å². The smallest absolute Gasteiger partial charge is 0.410 e. The molecule has 2 unspecified atom stereocenters. The van der Waals surface area contributed by atoms with Crippen molar-refractivity contribution in [2.45, 2.75) is 44.4 Å². The van der Waals surface area contributed by atoms with Gasteiger partial charge in [0, 0.05) is 12.6 Å². The van der Waals surface area contributed by atoms with Gasteiger partial charge >= 0.3 is 12.1 Å². The number of esters is 1. The van der Waals surface area contributed by atoms with Gasteiger partial charge in [0.05, 0.1) is 7.11 Å². The summed E-state index contributed by atoms with van der Waals surface area (Å²) in [7, 11) is 1.38. The molecule has 2 fully saturated rings. The minimum Gasteiger partial charge on any atom is -0.467 e. The van der Waals surface area contributed by atoms with E-state index in [1.165, 1.54) is 18.4 Å². The van der Waals surface area contributed by atoms with Gasteiger partial charge in [-0.2, -0.15) is 0 Å². The molecule has 1 aromatic rings. The average Bonchev–Trinajstić information content (AvgIpc) is 3.12. The van der Waals surface area contributed by atoms with E-state index in [1.54, 1.807) is 0 Å². The third-order valence-corrected chi connectivity index (χ3v) is 5.11. The molecule has 2 aliphatic rings. The van der Waals surface area contributed by atoms with Crippen molar-refractivity contribution in [1.29, 1.82) is 0 Å². The topological polar surface area (TPSA) is 59.1 Å². The number of nitrogens with zero attached hydrogens (tertiary/aromatic N) is 2. The summed E-state index contributed by atoms with van der Waals surface area (Å²) in [5.41, 5.74) is 0.928. The van der Waals surface area contributed by atoms with Crippen molar-refractivity contribution in [3.05, 3.63) is 35.9 Å². The van der Waals surface area contributed by atoms with E-state index >= 15 is 0 Å². The van der Waals surface area contributed by atoms with Crippen molar-refractivity contribution in [2.75, 3.05) is 26.7 Å². The fourth-order valence-corrected chi connectivity index (χ4v) is 3.82. The molecule has 0 aromatic heterocycles. The molecule has 0 N–H and O–H groups in total. The van der Waals surface area contributed by atoms with Crippen molar-refractivity contribution in [3.8, 4) is 0 Å². The van der Waals surface area contributed by atoms with Gasteiger partial charge < -0.3 is 9.47 Å². The third-order valence-electron chi connectivity index (χ3n) is 5.11. The first-order chi connectivity index (χ1) is 12.2. The summed E-state index contributed by atoms with van der Waals surface area (Å²) in [5, 5.41) is 0. The molecule has 136 valence electrons. The number of hydrogen-bond acceptors (Lipinski definition) is 5. The van der Waals surface area contributed by atoms with E-state index in [-0.39, 0.29) is 18.6 Å². The first kappa shape index (κ1) is 17.7. The van der Waals surface area contributed by atoms with Gasteiger partial charge in [-0.1, -0.05) is 36.8 Å². The van der Waals surface area contributed by atoms with Crippen LogP contribution in [0.15, 0.2) is 30.3 Å². The van der Waals surface area contributed by atoms with Gasteiger partial charge in [0.2, 0.25) is 0 Å². The van der Waals surface area contributed by atoms with Gasteiger partial charge in [-0.3, -0.25) is 9.80 Å². The number of amides is 1. The summed E-state index contributed by atoms with van der Waals surface area (Å²) in [4.78, 5) is 28.8. The highest BCUT2D eigenvalue weighted by Crippen LogP contribution is 2.27. The lowest BCUT2D eigenvalue weighted by atomic mass is 10.0. The maximum absolute atomic E-state index is 12.6. The van der Waals surface area contributed by atoms with Crippen molar-refractivity contribution in [3.63, 3.8) is 0 Å². The number of methoxy groups -OCH3 is 1. The van der Waals surface area contributed by atoms with Gasteiger partial charge in [0.1, 0.15) is 12.6 Å². The monoisotopic (exact) mass is 346 g/mol. The van der Waals surface area contributed by atoms with Crippen LogP contribution in [-0.4, -0.2) is 60.7 Å². The Bertz CT molecular complexity index is 586. The number of carbonyl (C=O) groups excluding carboxylic acids is 2. The van der Waals surface area contributed by atoms with Crippen molar-refractivity contribution >= 4 is 12.1 Å². The second-order valence-electron chi connectivity index (χ2n) is 6.65. The summed E-state index contributed by atoms with van der Waals surface area (Å²) < 4.78 is 10.4. The van der Waals surface area contributed by atoms with Gasteiger partial charge in [-0.05, 0) is 37.9 Å². The number of benzene rings is 1. The van der Waals surface area contributed by atoms with Crippen molar-refractivity contribution < 1.29 is 19.1 Å². The third kappa shape index (κ3) is 4.12. The second kappa shape index (κ2) is 8.34. The molecule has 2 saturated heterocycles. The van der Waals surface area contributed by atoms with Gasteiger partial charge in [-0.25, -0.2) is 9.59 Å². The molecule has 1 amide bonds. The fraction of sp³-hybridized carbons (Fsp3) is 0.579. The first-order valence-electron chi connectivity index (χ1n) is 9.00. The Morgan fingerprint density at radius 1 is 1.08 bits per heavy atom. The lowest BCUT2D eigenvalue weighted by Crippen LogP contribution is -2.52. The van der Waals surface area contributed by atoms with Crippen molar-refractivity contribution in [1.82, 2.24) is 9.80 Å². The van der Waals surface area contributed by atoms with E-state index in [9.17, 15) is 9.59 Å². The highest BCUT2D eigenvalue weighted by atomic mass is 16.6. The number of rotatable bonds is 4.